The molecule has 0 fully saturated rings. The first-order valence-corrected chi connectivity index (χ1v) is 7.72. The van der Waals surface area contributed by atoms with E-state index in [1.807, 2.05) is 6.07 Å². The van der Waals surface area contributed by atoms with Crippen LogP contribution in [-0.2, 0) is 13.1 Å². The highest BCUT2D eigenvalue weighted by atomic mass is 35.5. The molecule has 1 aromatic carbocycles. The second-order valence-corrected chi connectivity index (χ2v) is 5.48. The van der Waals surface area contributed by atoms with E-state index in [4.69, 9.17) is 25.5 Å². The van der Waals surface area contributed by atoms with E-state index < -0.39 is 0 Å². The summed E-state index contributed by atoms with van der Waals surface area (Å²) in [5, 5.41) is 5.96. The van der Waals surface area contributed by atoms with Gasteiger partial charge in [-0.1, -0.05) is 11.6 Å². The second-order valence-electron chi connectivity index (χ2n) is 5.07. The van der Waals surface area contributed by atoms with Crippen LogP contribution in [0.3, 0.4) is 0 Å². The molecule has 0 bridgehead atoms. The predicted octanol–water partition coefficient (Wildman–Crippen LogP) is 3.09. The Bertz CT molecular complexity index is 673. The molecule has 0 atom stereocenters. The van der Waals surface area contributed by atoms with E-state index in [1.165, 1.54) is 0 Å². The first-order chi connectivity index (χ1) is 11.2. The summed E-state index contributed by atoms with van der Waals surface area (Å²) in [4.78, 5) is 11.8. The lowest BCUT2D eigenvalue weighted by molar-refractivity contribution is 0.239. The average molecular weight is 337 g/mol. The van der Waals surface area contributed by atoms with Gasteiger partial charge in [0, 0.05) is 13.0 Å². The van der Waals surface area contributed by atoms with E-state index in [9.17, 15) is 4.79 Å². The number of halogens is 1. The third-order valence-electron chi connectivity index (χ3n) is 3.32. The van der Waals surface area contributed by atoms with Gasteiger partial charge in [0.05, 0.1) is 31.0 Å². The number of amides is 2. The van der Waals surface area contributed by atoms with Crippen LogP contribution in [0.2, 0.25) is 5.02 Å². The van der Waals surface area contributed by atoms with Crippen molar-refractivity contribution in [3.8, 4) is 11.5 Å². The van der Waals surface area contributed by atoms with Crippen LogP contribution in [0.1, 0.15) is 17.7 Å². The molecule has 3 rings (SSSR count). The Morgan fingerprint density at radius 2 is 2.00 bits per heavy atom. The molecule has 1 aliphatic heterocycles. The highest BCUT2D eigenvalue weighted by Crippen LogP contribution is 2.37. The SMILES string of the molecule is O=C(NCc1cc(Cl)c2c(c1)OCCCO2)NCc1ccco1. The molecule has 2 amide bonds. The van der Waals surface area contributed by atoms with Crippen LogP contribution in [0.15, 0.2) is 34.9 Å². The molecule has 0 unspecified atom stereocenters. The Balaban J connectivity index is 1.56. The number of hydrogen-bond acceptors (Lipinski definition) is 4. The summed E-state index contributed by atoms with van der Waals surface area (Å²) in [6.07, 6.45) is 2.38. The summed E-state index contributed by atoms with van der Waals surface area (Å²) in [5.74, 6) is 1.87. The standard InChI is InChI=1S/C16H17ClN2O4/c17-13-7-11(8-14-15(13)23-6-2-5-22-14)9-18-16(20)19-10-12-3-1-4-21-12/h1,3-4,7-8H,2,5-6,9-10H2,(H2,18,19,20). The molecule has 2 heterocycles. The summed E-state index contributed by atoms with van der Waals surface area (Å²) in [6.45, 7) is 1.84. The maximum Gasteiger partial charge on any atom is 0.315 e. The molecular formula is C16H17ClN2O4. The van der Waals surface area contributed by atoms with Crippen LogP contribution in [0.5, 0.6) is 11.5 Å². The smallest absolute Gasteiger partial charge is 0.315 e. The fourth-order valence-electron chi connectivity index (χ4n) is 2.21. The quantitative estimate of drug-likeness (QED) is 0.900. The molecule has 0 spiro atoms. The molecular weight excluding hydrogens is 320 g/mol. The van der Waals surface area contributed by atoms with Crippen molar-refractivity contribution in [1.29, 1.82) is 0 Å². The predicted molar refractivity (Wildman–Crippen MR) is 84.8 cm³/mol. The lowest BCUT2D eigenvalue weighted by Gasteiger charge is -2.12. The number of nitrogens with one attached hydrogen (secondary N) is 2. The Hall–Kier alpha value is -2.34. The number of rotatable bonds is 4. The topological polar surface area (TPSA) is 72.7 Å². The molecule has 0 aliphatic carbocycles. The van der Waals surface area contributed by atoms with Crippen molar-refractivity contribution in [3.05, 3.63) is 46.9 Å². The number of carbonyl (C=O) groups is 1. The van der Waals surface area contributed by atoms with Gasteiger partial charge in [0.25, 0.3) is 0 Å². The maximum absolute atomic E-state index is 11.8. The Kier molecular flexibility index (Phi) is 4.92. The number of urea groups is 1. The van der Waals surface area contributed by atoms with Gasteiger partial charge in [-0.3, -0.25) is 0 Å². The highest BCUT2D eigenvalue weighted by molar-refractivity contribution is 6.32. The Morgan fingerprint density at radius 3 is 2.83 bits per heavy atom. The Labute approximate surface area is 138 Å². The first-order valence-electron chi connectivity index (χ1n) is 7.34. The molecule has 2 aromatic rings. The van der Waals surface area contributed by atoms with Crippen LogP contribution >= 0.6 is 11.6 Å². The largest absolute Gasteiger partial charge is 0.489 e. The summed E-state index contributed by atoms with van der Waals surface area (Å²) in [5.41, 5.74) is 0.840. The molecule has 1 aromatic heterocycles. The minimum absolute atomic E-state index is 0.287. The zero-order valence-corrected chi connectivity index (χ0v) is 13.2. The van der Waals surface area contributed by atoms with Gasteiger partial charge in [-0.25, -0.2) is 4.79 Å². The third kappa shape index (κ3) is 4.10. The average Bonchev–Trinajstić information content (AvgIpc) is 2.95. The third-order valence-corrected chi connectivity index (χ3v) is 3.60. The van der Waals surface area contributed by atoms with Crippen molar-refractivity contribution in [3.63, 3.8) is 0 Å². The molecule has 7 heteroatoms. The molecule has 1 aliphatic rings. The van der Waals surface area contributed by atoms with Crippen LogP contribution < -0.4 is 20.1 Å². The van der Waals surface area contributed by atoms with Gasteiger partial charge in [0.1, 0.15) is 5.76 Å². The fraction of sp³-hybridized carbons (Fsp3) is 0.312. The molecule has 23 heavy (non-hydrogen) atoms. The minimum atomic E-state index is -0.287. The monoisotopic (exact) mass is 336 g/mol. The summed E-state index contributed by atoms with van der Waals surface area (Å²) in [7, 11) is 0. The first kappa shape index (κ1) is 15.6. The number of hydrogen-bond donors (Lipinski definition) is 2. The number of furan rings is 1. The van der Waals surface area contributed by atoms with Gasteiger partial charge in [-0.15, -0.1) is 0 Å². The van der Waals surface area contributed by atoms with Gasteiger partial charge in [-0.2, -0.15) is 0 Å². The van der Waals surface area contributed by atoms with Gasteiger partial charge in [0.2, 0.25) is 0 Å². The van der Waals surface area contributed by atoms with E-state index in [1.54, 1.807) is 24.5 Å². The second kappa shape index (κ2) is 7.28. The van der Waals surface area contributed by atoms with Crippen molar-refractivity contribution < 1.29 is 18.7 Å². The number of fused-ring (bicyclic) bond motifs is 1. The summed E-state index contributed by atoms with van der Waals surface area (Å²) >= 11 is 6.22. The maximum atomic E-state index is 11.8. The van der Waals surface area contributed by atoms with Gasteiger partial charge < -0.3 is 24.5 Å². The molecule has 0 radical (unpaired) electrons. The zero-order valence-electron chi connectivity index (χ0n) is 12.4. The highest BCUT2D eigenvalue weighted by Gasteiger charge is 2.15. The van der Waals surface area contributed by atoms with E-state index >= 15 is 0 Å². The van der Waals surface area contributed by atoms with Crippen molar-refractivity contribution in [2.75, 3.05) is 13.2 Å². The molecule has 0 saturated heterocycles. The van der Waals surface area contributed by atoms with Crippen molar-refractivity contribution in [2.45, 2.75) is 19.5 Å². The number of benzene rings is 1. The van der Waals surface area contributed by atoms with E-state index in [0.717, 1.165) is 12.0 Å². The van der Waals surface area contributed by atoms with E-state index in [2.05, 4.69) is 10.6 Å². The lowest BCUT2D eigenvalue weighted by atomic mass is 10.2. The van der Waals surface area contributed by atoms with Crippen LogP contribution in [0.25, 0.3) is 0 Å². The van der Waals surface area contributed by atoms with E-state index in [0.29, 0.717) is 48.6 Å². The fourth-order valence-corrected chi connectivity index (χ4v) is 2.50. The van der Waals surface area contributed by atoms with Gasteiger partial charge in [-0.05, 0) is 29.8 Å². The molecule has 2 N–H and O–H groups in total. The molecule has 6 nitrogen and oxygen atoms in total. The van der Waals surface area contributed by atoms with Crippen LogP contribution in [0, 0.1) is 0 Å². The molecule has 122 valence electrons. The van der Waals surface area contributed by atoms with E-state index in [-0.39, 0.29) is 6.03 Å². The van der Waals surface area contributed by atoms with Gasteiger partial charge >= 0.3 is 6.03 Å². The van der Waals surface area contributed by atoms with Crippen LogP contribution in [-0.4, -0.2) is 19.2 Å². The Morgan fingerprint density at radius 1 is 1.17 bits per heavy atom. The van der Waals surface area contributed by atoms with Crippen molar-refractivity contribution in [2.24, 2.45) is 0 Å². The van der Waals surface area contributed by atoms with Crippen molar-refractivity contribution in [1.82, 2.24) is 10.6 Å². The zero-order chi connectivity index (χ0) is 16.1. The molecule has 0 saturated carbocycles. The number of carbonyl (C=O) groups excluding carboxylic acids is 1. The summed E-state index contributed by atoms with van der Waals surface area (Å²) in [6, 6.07) is 6.88. The van der Waals surface area contributed by atoms with Crippen molar-refractivity contribution >= 4 is 17.6 Å². The minimum Gasteiger partial charge on any atom is -0.489 e. The van der Waals surface area contributed by atoms with Crippen LogP contribution in [0.4, 0.5) is 4.79 Å². The lowest BCUT2D eigenvalue weighted by Crippen LogP contribution is -2.34. The number of ether oxygens (including phenoxy) is 2. The normalized spacial score (nSPS) is 13.3. The van der Waals surface area contributed by atoms with Gasteiger partial charge in [0.15, 0.2) is 11.5 Å². The summed E-state index contributed by atoms with van der Waals surface area (Å²) < 4.78 is 16.3.